The molecule has 0 aromatic carbocycles. The molecule has 0 spiro atoms. The molecule has 0 aromatic heterocycles. The molecule has 1 aliphatic heterocycles. The lowest BCUT2D eigenvalue weighted by Gasteiger charge is -2.35. The third-order valence-corrected chi connectivity index (χ3v) is 3.56. The molecule has 1 N–H and O–H groups in total. The van der Waals surface area contributed by atoms with E-state index in [9.17, 15) is 14.7 Å². The number of hydrogen-bond acceptors (Lipinski definition) is 3. The van der Waals surface area contributed by atoms with E-state index in [4.69, 9.17) is 0 Å². The van der Waals surface area contributed by atoms with Crippen LogP contribution in [0.25, 0.3) is 0 Å². The maximum atomic E-state index is 12.4. The van der Waals surface area contributed by atoms with Crippen LogP contribution in [-0.2, 0) is 9.59 Å². The van der Waals surface area contributed by atoms with Gasteiger partial charge in [-0.15, -0.1) is 0 Å². The highest BCUT2D eigenvalue weighted by Crippen LogP contribution is 2.20. The van der Waals surface area contributed by atoms with Crippen molar-refractivity contribution in [1.29, 1.82) is 0 Å². The molecule has 1 aliphatic rings. The minimum absolute atomic E-state index is 0.0158. The Labute approximate surface area is 115 Å². The maximum absolute atomic E-state index is 12.4. The third-order valence-electron chi connectivity index (χ3n) is 3.56. The largest absolute Gasteiger partial charge is 0.389 e. The molecule has 1 saturated heterocycles. The minimum atomic E-state index is -0.869. The number of nitrogens with zero attached hydrogens (tertiary/aromatic N) is 2. The van der Waals surface area contributed by atoms with Gasteiger partial charge in [-0.1, -0.05) is 0 Å². The molecule has 1 fully saturated rings. The number of hydrogen-bond donors (Lipinski definition) is 1. The average Bonchev–Trinajstić information content (AvgIpc) is 2.34. The summed E-state index contributed by atoms with van der Waals surface area (Å²) in [4.78, 5) is 27.1. The van der Waals surface area contributed by atoms with Gasteiger partial charge < -0.3 is 14.9 Å². The number of likely N-dealkylation sites (tertiary alicyclic amines) is 1. The minimum Gasteiger partial charge on any atom is -0.389 e. The second kappa shape index (κ2) is 6.37. The second-order valence-electron chi connectivity index (χ2n) is 5.95. The van der Waals surface area contributed by atoms with Gasteiger partial charge >= 0.3 is 0 Å². The Hall–Kier alpha value is -1.10. The molecule has 110 valence electrons. The fourth-order valence-corrected chi connectivity index (χ4v) is 2.51. The van der Waals surface area contributed by atoms with Gasteiger partial charge in [0.15, 0.2) is 0 Å². The molecular weight excluding hydrogens is 244 g/mol. The molecule has 2 amide bonds. The number of aliphatic hydroxyl groups is 1. The molecule has 19 heavy (non-hydrogen) atoms. The van der Waals surface area contributed by atoms with Gasteiger partial charge in [-0.2, -0.15) is 0 Å². The first kappa shape index (κ1) is 16.0. The van der Waals surface area contributed by atoms with E-state index in [0.717, 1.165) is 12.8 Å². The third kappa shape index (κ3) is 4.82. The van der Waals surface area contributed by atoms with Crippen LogP contribution in [0.5, 0.6) is 0 Å². The van der Waals surface area contributed by atoms with Gasteiger partial charge in [-0.25, -0.2) is 0 Å². The van der Waals surface area contributed by atoms with Crippen LogP contribution in [0, 0.1) is 5.92 Å². The highest BCUT2D eigenvalue weighted by Gasteiger charge is 2.30. The van der Waals surface area contributed by atoms with Crippen LogP contribution >= 0.6 is 0 Å². The summed E-state index contributed by atoms with van der Waals surface area (Å²) in [6, 6.07) is 0. The molecule has 0 unspecified atom stereocenters. The Bertz CT molecular complexity index is 328. The van der Waals surface area contributed by atoms with Crippen LogP contribution in [0.15, 0.2) is 0 Å². The topological polar surface area (TPSA) is 60.9 Å². The van der Waals surface area contributed by atoms with E-state index in [-0.39, 0.29) is 17.7 Å². The summed E-state index contributed by atoms with van der Waals surface area (Å²) in [5.41, 5.74) is -0.869. The van der Waals surface area contributed by atoms with E-state index in [1.165, 1.54) is 0 Å². The van der Waals surface area contributed by atoms with Gasteiger partial charge in [0, 0.05) is 39.0 Å². The van der Waals surface area contributed by atoms with E-state index in [2.05, 4.69) is 0 Å². The molecule has 1 heterocycles. The number of rotatable bonds is 4. The average molecular weight is 270 g/mol. The first-order valence-electron chi connectivity index (χ1n) is 7.01. The normalized spacial score (nSPS) is 17.4. The van der Waals surface area contributed by atoms with Crippen LogP contribution in [0.3, 0.4) is 0 Å². The number of piperidine rings is 1. The number of amides is 2. The first-order chi connectivity index (χ1) is 8.74. The summed E-state index contributed by atoms with van der Waals surface area (Å²) in [5.74, 6) is 0.167. The van der Waals surface area contributed by atoms with Crippen molar-refractivity contribution in [2.45, 2.75) is 46.1 Å². The van der Waals surface area contributed by atoms with E-state index in [1.54, 1.807) is 30.6 Å². The number of likely N-dealkylation sites (N-methyl/N-ethyl adjacent to an activating group) is 1. The monoisotopic (exact) mass is 270 g/mol. The molecule has 0 bridgehead atoms. The smallest absolute Gasteiger partial charge is 0.225 e. The molecule has 5 heteroatoms. The summed E-state index contributed by atoms with van der Waals surface area (Å²) in [7, 11) is 0. The van der Waals surface area contributed by atoms with Crippen molar-refractivity contribution < 1.29 is 14.7 Å². The van der Waals surface area contributed by atoms with Gasteiger partial charge in [0.05, 0.1) is 5.60 Å². The molecule has 0 aromatic rings. The standard InChI is InChI=1S/C14H26N2O3/c1-5-15(10-14(3,4)19)13(18)12-6-8-16(9-7-12)11(2)17/h12,19H,5-10H2,1-4H3. The number of carbonyl (C=O) groups is 2. The lowest BCUT2D eigenvalue weighted by Crippen LogP contribution is -2.47. The van der Waals surface area contributed by atoms with Crippen LogP contribution in [0.2, 0.25) is 0 Å². The molecule has 5 nitrogen and oxygen atoms in total. The predicted molar refractivity (Wildman–Crippen MR) is 73.5 cm³/mol. The highest BCUT2D eigenvalue weighted by atomic mass is 16.3. The Kier molecular flexibility index (Phi) is 5.35. The van der Waals surface area contributed by atoms with Crippen molar-refractivity contribution >= 4 is 11.8 Å². The highest BCUT2D eigenvalue weighted by molar-refractivity contribution is 5.79. The Morgan fingerprint density at radius 1 is 1.32 bits per heavy atom. The summed E-state index contributed by atoms with van der Waals surface area (Å²) < 4.78 is 0. The van der Waals surface area contributed by atoms with Crippen molar-refractivity contribution in [3.05, 3.63) is 0 Å². The Morgan fingerprint density at radius 2 is 1.84 bits per heavy atom. The van der Waals surface area contributed by atoms with Crippen molar-refractivity contribution in [3.8, 4) is 0 Å². The summed E-state index contributed by atoms with van der Waals surface area (Å²) in [6.45, 7) is 9.19. The van der Waals surface area contributed by atoms with Crippen molar-refractivity contribution in [1.82, 2.24) is 9.80 Å². The van der Waals surface area contributed by atoms with Gasteiger partial charge in [-0.3, -0.25) is 9.59 Å². The zero-order valence-corrected chi connectivity index (χ0v) is 12.5. The summed E-state index contributed by atoms with van der Waals surface area (Å²) in [6.07, 6.45) is 1.45. The first-order valence-corrected chi connectivity index (χ1v) is 7.01. The predicted octanol–water partition coefficient (Wildman–Crippen LogP) is 0.864. The maximum Gasteiger partial charge on any atom is 0.225 e. The summed E-state index contributed by atoms with van der Waals surface area (Å²) in [5, 5.41) is 9.83. The van der Waals surface area contributed by atoms with Crippen LogP contribution in [-0.4, -0.2) is 58.5 Å². The van der Waals surface area contributed by atoms with E-state index in [1.807, 2.05) is 6.92 Å². The van der Waals surface area contributed by atoms with Gasteiger partial charge in [0.2, 0.25) is 11.8 Å². The lowest BCUT2D eigenvalue weighted by atomic mass is 9.94. The fraction of sp³-hybridized carbons (Fsp3) is 0.857. The molecule has 0 atom stereocenters. The van der Waals surface area contributed by atoms with Crippen LogP contribution in [0.4, 0.5) is 0 Å². The van der Waals surface area contributed by atoms with E-state index < -0.39 is 5.60 Å². The quantitative estimate of drug-likeness (QED) is 0.824. The Morgan fingerprint density at radius 3 is 2.21 bits per heavy atom. The second-order valence-corrected chi connectivity index (χ2v) is 5.95. The molecule has 0 radical (unpaired) electrons. The van der Waals surface area contributed by atoms with Crippen LogP contribution < -0.4 is 0 Å². The summed E-state index contributed by atoms with van der Waals surface area (Å²) >= 11 is 0. The molecule has 1 rings (SSSR count). The van der Waals surface area contributed by atoms with Gasteiger partial charge in [0.25, 0.3) is 0 Å². The van der Waals surface area contributed by atoms with Gasteiger partial charge in [0.1, 0.15) is 0 Å². The van der Waals surface area contributed by atoms with Crippen molar-refractivity contribution in [2.24, 2.45) is 5.92 Å². The zero-order valence-electron chi connectivity index (χ0n) is 12.5. The molecule has 0 saturated carbocycles. The molecule has 0 aliphatic carbocycles. The SMILES string of the molecule is CCN(CC(C)(C)O)C(=O)C1CCN(C(C)=O)CC1. The van der Waals surface area contributed by atoms with Crippen LogP contribution in [0.1, 0.15) is 40.5 Å². The number of carbonyl (C=O) groups excluding carboxylic acids is 2. The van der Waals surface area contributed by atoms with E-state index in [0.29, 0.717) is 26.2 Å². The lowest BCUT2D eigenvalue weighted by molar-refractivity contribution is -0.142. The molecular formula is C14H26N2O3. The van der Waals surface area contributed by atoms with Crippen molar-refractivity contribution in [2.75, 3.05) is 26.2 Å². The zero-order chi connectivity index (χ0) is 14.6. The van der Waals surface area contributed by atoms with E-state index >= 15 is 0 Å². The van der Waals surface area contributed by atoms with Gasteiger partial charge in [-0.05, 0) is 33.6 Å². The Balaban J connectivity index is 2.55. The van der Waals surface area contributed by atoms with Crippen molar-refractivity contribution in [3.63, 3.8) is 0 Å². The fourth-order valence-electron chi connectivity index (χ4n) is 2.51.